The molecule has 1 aromatic heterocycles. The van der Waals surface area contributed by atoms with Gasteiger partial charge in [-0.25, -0.2) is 4.98 Å². The van der Waals surface area contributed by atoms with Crippen LogP contribution in [0.15, 0.2) is 79.1 Å². The molecule has 3 aromatic carbocycles. The molecule has 1 aliphatic carbocycles. The molecule has 0 saturated heterocycles. The third kappa shape index (κ3) is 6.08. The number of nitrogens with one attached hydrogen (secondary N) is 2. The van der Waals surface area contributed by atoms with Crippen LogP contribution in [0, 0.1) is 5.92 Å². The number of ether oxygens (including phenoxy) is 1. The van der Waals surface area contributed by atoms with Crippen molar-refractivity contribution in [3.8, 4) is 5.75 Å². The van der Waals surface area contributed by atoms with Crippen LogP contribution in [0.4, 0.5) is 0 Å². The highest BCUT2D eigenvalue weighted by atomic mass is 16.5. The van der Waals surface area contributed by atoms with Gasteiger partial charge in [0.25, 0.3) is 0 Å². The zero-order valence-electron chi connectivity index (χ0n) is 24.6. The summed E-state index contributed by atoms with van der Waals surface area (Å²) in [6, 6.07) is 24.2. The molecule has 7 nitrogen and oxygen atoms in total. The average Bonchev–Trinajstić information content (AvgIpc) is 3.41. The number of hydrogen-bond donors (Lipinski definition) is 3. The highest BCUT2D eigenvalue weighted by Gasteiger charge is 2.45. The van der Waals surface area contributed by atoms with Gasteiger partial charge in [-0.3, -0.25) is 4.79 Å². The van der Waals surface area contributed by atoms with E-state index in [1.165, 1.54) is 17.5 Å². The van der Waals surface area contributed by atoms with E-state index in [2.05, 4.69) is 40.7 Å². The summed E-state index contributed by atoms with van der Waals surface area (Å²) >= 11 is 0. The zero-order chi connectivity index (χ0) is 29.1. The van der Waals surface area contributed by atoms with Crippen LogP contribution in [-0.4, -0.2) is 44.9 Å². The van der Waals surface area contributed by atoms with E-state index >= 15 is 0 Å². The fraction of sp³-hybridized carbons (Fsp3) is 0.429. The number of hydrogen-bond acceptors (Lipinski definition) is 5. The molecule has 7 heteroatoms. The van der Waals surface area contributed by atoms with Gasteiger partial charge in [0.15, 0.2) is 0 Å². The van der Waals surface area contributed by atoms with E-state index in [1.807, 2.05) is 66.1 Å². The normalized spacial score (nSPS) is 19.4. The molecule has 2 aliphatic rings. The number of amides is 1. The number of aryl methyl sites for hydroxylation is 1. The van der Waals surface area contributed by atoms with Crippen LogP contribution in [0.2, 0.25) is 0 Å². The number of aliphatic hydroxyl groups excluding tert-OH is 1. The largest absolute Gasteiger partial charge is 0.487 e. The molecule has 0 radical (unpaired) electrons. The van der Waals surface area contributed by atoms with E-state index in [-0.39, 0.29) is 23.5 Å². The predicted octanol–water partition coefficient (Wildman–Crippen LogP) is 5.36. The molecule has 1 aliphatic heterocycles. The fourth-order valence-electron chi connectivity index (χ4n) is 6.41. The number of carbonyl (C=O) groups is 1. The minimum Gasteiger partial charge on any atom is -0.487 e. The Morgan fingerprint density at radius 2 is 1.88 bits per heavy atom. The van der Waals surface area contributed by atoms with Gasteiger partial charge in [0.2, 0.25) is 5.91 Å². The minimum atomic E-state index is -0.770. The van der Waals surface area contributed by atoms with Gasteiger partial charge in [-0.15, -0.1) is 0 Å². The summed E-state index contributed by atoms with van der Waals surface area (Å²) in [5, 5.41) is 18.4. The smallest absolute Gasteiger partial charge is 0.224 e. The molecule has 4 aromatic rings. The highest BCUT2D eigenvalue weighted by molar-refractivity contribution is 5.79. The molecule has 1 spiro atoms. The minimum absolute atomic E-state index is 0.0785. The molecular formula is C35H42N4O3. The monoisotopic (exact) mass is 566 g/mol. The van der Waals surface area contributed by atoms with Crippen LogP contribution in [0.25, 0.3) is 11.0 Å². The maximum atomic E-state index is 13.5. The molecule has 1 amide bonds. The van der Waals surface area contributed by atoms with Crippen molar-refractivity contribution in [2.75, 3.05) is 6.54 Å². The Morgan fingerprint density at radius 3 is 2.64 bits per heavy atom. The third-order valence-corrected chi connectivity index (χ3v) is 9.13. The third-order valence-electron chi connectivity index (χ3n) is 9.13. The fourth-order valence-corrected chi connectivity index (χ4v) is 6.41. The summed E-state index contributed by atoms with van der Waals surface area (Å²) in [6.07, 6.45) is 6.75. The van der Waals surface area contributed by atoms with Crippen LogP contribution in [0.1, 0.15) is 62.3 Å². The van der Waals surface area contributed by atoms with Gasteiger partial charge in [-0.05, 0) is 61.4 Å². The second-order valence-corrected chi connectivity index (χ2v) is 12.2. The van der Waals surface area contributed by atoms with Crippen molar-refractivity contribution in [2.24, 2.45) is 5.92 Å². The van der Waals surface area contributed by atoms with E-state index in [0.717, 1.165) is 48.0 Å². The summed E-state index contributed by atoms with van der Waals surface area (Å²) < 4.78 is 8.52. The van der Waals surface area contributed by atoms with Crippen molar-refractivity contribution in [3.05, 3.63) is 95.8 Å². The van der Waals surface area contributed by atoms with E-state index in [1.54, 1.807) is 6.33 Å². The lowest BCUT2D eigenvalue weighted by Crippen LogP contribution is -2.53. The van der Waals surface area contributed by atoms with E-state index in [0.29, 0.717) is 19.5 Å². The van der Waals surface area contributed by atoms with E-state index in [4.69, 9.17) is 4.74 Å². The second-order valence-electron chi connectivity index (χ2n) is 12.2. The second kappa shape index (κ2) is 12.3. The van der Waals surface area contributed by atoms with E-state index < -0.39 is 12.1 Å². The number of imidazole rings is 1. The summed E-state index contributed by atoms with van der Waals surface area (Å²) in [6.45, 7) is 4.98. The molecule has 4 atom stereocenters. The summed E-state index contributed by atoms with van der Waals surface area (Å²) in [4.78, 5) is 18.0. The van der Waals surface area contributed by atoms with Gasteiger partial charge in [0.1, 0.15) is 11.4 Å². The first-order valence-electron chi connectivity index (χ1n) is 15.4. The van der Waals surface area contributed by atoms with Crippen molar-refractivity contribution >= 4 is 16.9 Å². The van der Waals surface area contributed by atoms with Gasteiger partial charge < -0.3 is 25.0 Å². The molecule has 2 heterocycles. The lowest BCUT2D eigenvalue weighted by Gasteiger charge is -2.48. The van der Waals surface area contributed by atoms with Crippen molar-refractivity contribution in [1.82, 2.24) is 20.2 Å². The Balaban J connectivity index is 1.16. The zero-order valence-corrected chi connectivity index (χ0v) is 24.6. The molecule has 1 saturated carbocycles. The molecule has 220 valence electrons. The molecule has 1 fully saturated rings. The van der Waals surface area contributed by atoms with Crippen LogP contribution in [0.3, 0.4) is 0 Å². The van der Waals surface area contributed by atoms with E-state index in [9.17, 15) is 9.90 Å². The van der Waals surface area contributed by atoms with Crippen LogP contribution in [0.5, 0.6) is 5.75 Å². The first kappa shape index (κ1) is 28.4. The Hall–Kier alpha value is -3.68. The van der Waals surface area contributed by atoms with Crippen molar-refractivity contribution in [2.45, 2.75) is 82.7 Å². The standard InChI is InChI=1S/C35H42N4O3/c1-3-25-14-15-33-27(18-25)30(20-35(42-33)16-9-17-35)36-21-32(40)29(19-26-10-5-4-6-11-26)38-34(41)24(2)22-39-23-37-28-12-7-8-13-31(28)39/h4-8,10-15,18,23-24,29-30,32,36,40H,3,9,16-17,19-22H2,1-2H3,(H,38,41)/t24?,29-,30-,32+/m0/s1. The van der Waals surface area contributed by atoms with Gasteiger partial charge >= 0.3 is 0 Å². The Bertz CT molecular complexity index is 1510. The maximum absolute atomic E-state index is 13.5. The molecule has 3 N–H and O–H groups in total. The summed E-state index contributed by atoms with van der Waals surface area (Å²) in [7, 11) is 0. The Morgan fingerprint density at radius 1 is 1.10 bits per heavy atom. The van der Waals surface area contributed by atoms with Crippen LogP contribution in [-0.2, 0) is 24.2 Å². The van der Waals surface area contributed by atoms with Crippen molar-refractivity contribution in [3.63, 3.8) is 0 Å². The van der Waals surface area contributed by atoms with Gasteiger partial charge in [0.05, 0.1) is 35.4 Å². The Labute approximate surface area is 248 Å². The van der Waals surface area contributed by atoms with Gasteiger partial charge in [-0.2, -0.15) is 0 Å². The lowest BCUT2D eigenvalue weighted by atomic mass is 9.72. The topological polar surface area (TPSA) is 88.4 Å². The SMILES string of the molecule is CCc1ccc2c(c1)[C@@H](NC[C@@H](O)[C@H](Cc1ccccc1)NC(=O)C(C)Cn1cnc3ccccc31)CC1(CCC1)O2. The van der Waals surface area contributed by atoms with Gasteiger partial charge in [-0.1, -0.05) is 68.4 Å². The predicted molar refractivity (Wildman–Crippen MR) is 165 cm³/mol. The molecular weight excluding hydrogens is 524 g/mol. The lowest BCUT2D eigenvalue weighted by molar-refractivity contribution is -0.126. The average molecular weight is 567 g/mol. The summed E-state index contributed by atoms with van der Waals surface area (Å²) in [5.74, 6) is 0.583. The maximum Gasteiger partial charge on any atom is 0.224 e. The molecule has 1 unspecified atom stereocenters. The number of rotatable bonds is 11. The first-order valence-corrected chi connectivity index (χ1v) is 15.4. The number of fused-ring (bicyclic) bond motifs is 2. The number of nitrogens with zero attached hydrogens (tertiary/aromatic N) is 2. The number of carbonyl (C=O) groups excluding carboxylic acids is 1. The Kier molecular flexibility index (Phi) is 8.31. The number of aromatic nitrogens is 2. The van der Waals surface area contributed by atoms with Gasteiger partial charge in [0, 0.05) is 31.1 Å². The molecule has 42 heavy (non-hydrogen) atoms. The van der Waals surface area contributed by atoms with Crippen LogP contribution < -0.4 is 15.4 Å². The number of para-hydroxylation sites is 2. The van der Waals surface area contributed by atoms with Crippen molar-refractivity contribution < 1.29 is 14.6 Å². The first-order chi connectivity index (χ1) is 20.4. The number of aliphatic hydroxyl groups is 1. The molecule has 6 rings (SSSR count). The number of benzene rings is 3. The van der Waals surface area contributed by atoms with Crippen molar-refractivity contribution in [1.29, 1.82) is 0 Å². The highest BCUT2D eigenvalue weighted by Crippen LogP contribution is 2.49. The molecule has 0 bridgehead atoms. The quantitative estimate of drug-likeness (QED) is 0.228. The van der Waals surface area contributed by atoms with Crippen LogP contribution >= 0.6 is 0 Å². The summed E-state index contributed by atoms with van der Waals surface area (Å²) in [5.41, 5.74) is 5.35.